The Balaban J connectivity index is 2.02. The summed E-state index contributed by atoms with van der Waals surface area (Å²) in [6, 6.07) is 14.9. The van der Waals surface area contributed by atoms with Crippen LogP contribution in [0.25, 0.3) is 0 Å². The predicted octanol–water partition coefficient (Wildman–Crippen LogP) is 3.57. The average molecular weight is 474 g/mol. The van der Waals surface area contributed by atoms with Gasteiger partial charge in [0.25, 0.3) is 10.0 Å². The van der Waals surface area contributed by atoms with Crippen LogP contribution in [0.4, 0.5) is 0 Å². The van der Waals surface area contributed by atoms with Crippen LogP contribution in [0.1, 0.15) is 41.5 Å². The normalized spacial score (nSPS) is 11.7. The summed E-state index contributed by atoms with van der Waals surface area (Å²) in [5.41, 5.74) is 1.31. The number of carboxylic acid groups (broad SMARTS) is 1. The van der Waals surface area contributed by atoms with Gasteiger partial charge in [-0.3, -0.25) is 4.68 Å². The molecule has 1 heterocycles. The van der Waals surface area contributed by atoms with Gasteiger partial charge in [-0.25, -0.2) is 13.2 Å². The molecule has 0 unspecified atom stereocenters. The van der Waals surface area contributed by atoms with Gasteiger partial charge < -0.3 is 14.6 Å². The minimum absolute atomic E-state index is 0.0648. The van der Waals surface area contributed by atoms with Crippen LogP contribution in [0.3, 0.4) is 0 Å². The molecule has 10 heteroatoms. The highest BCUT2D eigenvalue weighted by molar-refractivity contribution is 7.89. The van der Waals surface area contributed by atoms with E-state index in [2.05, 4.69) is 5.10 Å². The van der Waals surface area contributed by atoms with Gasteiger partial charge >= 0.3 is 5.97 Å². The van der Waals surface area contributed by atoms with Gasteiger partial charge in [0.15, 0.2) is 5.03 Å². The Labute approximate surface area is 193 Å². The summed E-state index contributed by atoms with van der Waals surface area (Å²) in [7, 11) is -1.01. The number of hydrogen-bond donors (Lipinski definition) is 1. The quantitative estimate of drug-likeness (QED) is 0.479. The number of hydrogen-bond acceptors (Lipinski definition) is 6. The van der Waals surface area contributed by atoms with Crippen LogP contribution < -0.4 is 9.47 Å². The summed E-state index contributed by atoms with van der Waals surface area (Å²) in [5, 5.41) is 13.3. The van der Waals surface area contributed by atoms with Crippen molar-refractivity contribution < 1.29 is 27.8 Å². The molecule has 3 aromatic rings. The Morgan fingerprint density at radius 1 is 0.970 bits per heavy atom. The number of nitrogens with zero attached hydrogens (tertiary/aromatic N) is 3. The van der Waals surface area contributed by atoms with Gasteiger partial charge in [0, 0.05) is 25.2 Å². The van der Waals surface area contributed by atoms with Crippen molar-refractivity contribution in [1.29, 1.82) is 0 Å². The number of carboxylic acids is 1. The molecule has 0 radical (unpaired) electrons. The Morgan fingerprint density at radius 2 is 1.42 bits per heavy atom. The van der Waals surface area contributed by atoms with E-state index in [9.17, 15) is 18.3 Å². The summed E-state index contributed by atoms with van der Waals surface area (Å²) in [4.78, 5) is 11.6. The zero-order valence-corrected chi connectivity index (χ0v) is 19.7. The molecule has 0 aliphatic carbocycles. The molecule has 176 valence electrons. The van der Waals surface area contributed by atoms with Gasteiger partial charge in [-0.15, -0.1) is 0 Å². The van der Waals surface area contributed by atoms with E-state index in [-0.39, 0.29) is 29.9 Å². The molecule has 9 nitrogen and oxygen atoms in total. The van der Waals surface area contributed by atoms with E-state index in [1.807, 2.05) is 0 Å². The van der Waals surface area contributed by atoms with E-state index in [0.29, 0.717) is 11.5 Å². The molecule has 1 aromatic heterocycles. The van der Waals surface area contributed by atoms with Gasteiger partial charge in [0.1, 0.15) is 17.2 Å². The SMILES string of the molecule is COc1ccc(CN(Cc2ccc(OC)cc2)S(=O)(=O)c2cc(C(=O)O)n(C(C)C)n2)cc1. The molecule has 0 aliphatic rings. The van der Waals surface area contributed by atoms with Crippen molar-refractivity contribution >= 4 is 16.0 Å². The van der Waals surface area contributed by atoms with Crippen molar-refractivity contribution in [3.63, 3.8) is 0 Å². The summed E-state index contributed by atoms with van der Waals surface area (Å²) in [6.45, 7) is 3.61. The number of ether oxygens (including phenoxy) is 2. The highest BCUT2D eigenvalue weighted by Crippen LogP contribution is 2.24. The second kappa shape index (κ2) is 10.1. The van der Waals surface area contributed by atoms with E-state index < -0.39 is 16.0 Å². The second-order valence-electron chi connectivity index (χ2n) is 7.68. The lowest BCUT2D eigenvalue weighted by Crippen LogP contribution is -2.30. The molecule has 0 aliphatic heterocycles. The zero-order valence-electron chi connectivity index (χ0n) is 18.9. The van der Waals surface area contributed by atoms with Crippen molar-refractivity contribution in [2.45, 2.75) is 38.0 Å². The van der Waals surface area contributed by atoms with Crippen molar-refractivity contribution in [3.8, 4) is 11.5 Å². The molecule has 0 fully saturated rings. The van der Waals surface area contributed by atoms with Gasteiger partial charge in [-0.2, -0.15) is 9.40 Å². The van der Waals surface area contributed by atoms with Crippen LogP contribution in [-0.4, -0.2) is 47.8 Å². The minimum atomic E-state index is -4.12. The summed E-state index contributed by atoms with van der Waals surface area (Å²) >= 11 is 0. The Hall–Kier alpha value is -3.37. The third kappa shape index (κ3) is 5.52. The Kier molecular flexibility index (Phi) is 7.39. The largest absolute Gasteiger partial charge is 0.497 e. The topological polar surface area (TPSA) is 111 Å². The van der Waals surface area contributed by atoms with Crippen LogP contribution in [0.5, 0.6) is 11.5 Å². The fraction of sp³-hybridized carbons (Fsp3) is 0.304. The molecule has 3 rings (SSSR count). The van der Waals surface area contributed by atoms with E-state index >= 15 is 0 Å². The molecule has 0 amide bonds. The lowest BCUT2D eigenvalue weighted by molar-refractivity contribution is 0.0681. The number of benzene rings is 2. The van der Waals surface area contributed by atoms with Crippen molar-refractivity contribution in [2.75, 3.05) is 14.2 Å². The third-order valence-corrected chi connectivity index (χ3v) is 6.73. The average Bonchev–Trinajstić information content (AvgIpc) is 3.27. The lowest BCUT2D eigenvalue weighted by Gasteiger charge is -2.21. The fourth-order valence-corrected chi connectivity index (χ4v) is 4.63. The van der Waals surface area contributed by atoms with E-state index in [1.165, 1.54) is 8.99 Å². The molecule has 33 heavy (non-hydrogen) atoms. The summed E-state index contributed by atoms with van der Waals surface area (Å²) in [5.74, 6) is 0.0738. The molecule has 2 aromatic carbocycles. The molecule has 0 atom stereocenters. The fourth-order valence-electron chi connectivity index (χ4n) is 3.28. The maximum Gasteiger partial charge on any atom is 0.354 e. The summed E-state index contributed by atoms with van der Waals surface area (Å²) in [6.07, 6.45) is 0. The predicted molar refractivity (Wildman–Crippen MR) is 122 cm³/mol. The number of aromatic nitrogens is 2. The molecular formula is C23H27N3O6S. The van der Waals surface area contributed by atoms with Crippen LogP contribution in [0.15, 0.2) is 59.6 Å². The highest BCUT2D eigenvalue weighted by atomic mass is 32.2. The molecule has 0 bridgehead atoms. The molecular weight excluding hydrogens is 446 g/mol. The second-order valence-corrected chi connectivity index (χ2v) is 9.57. The van der Waals surface area contributed by atoms with Crippen LogP contribution in [0.2, 0.25) is 0 Å². The van der Waals surface area contributed by atoms with E-state index in [0.717, 1.165) is 17.2 Å². The smallest absolute Gasteiger partial charge is 0.354 e. The van der Waals surface area contributed by atoms with Gasteiger partial charge in [-0.05, 0) is 49.2 Å². The molecule has 1 N–H and O–H groups in total. The Morgan fingerprint density at radius 3 is 1.76 bits per heavy atom. The number of sulfonamides is 1. The van der Waals surface area contributed by atoms with Gasteiger partial charge in [0.05, 0.1) is 14.2 Å². The molecule has 0 spiro atoms. The highest BCUT2D eigenvalue weighted by Gasteiger charge is 2.30. The first kappa shape index (κ1) is 24.3. The maximum atomic E-state index is 13.6. The number of carbonyl (C=O) groups is 1. The van der Waals surface area contributed by atoms with Crippen LogP contribution in [-0.2, 0) is 23.1 Å². The molecule has 0 saturated carbocycles. The van der Waals surface area contributed by atoms with Crippen LogP contribution in [0, 0.1) is 0 Å². The molecule has 0 saturated heterocycles. The van der Waals surface area contributed by atoms with Gasteiger partial charge in [-0.1, -0.05) is 24.3 Å². The van der Waals surface area contributed by atoms with Crippen molar-refractivity contribution in [1.82, 2.24) is 14.1 Å². The first-order chi connectivity index (χ1) is 15.6. The summed E-state index contributed by atoms with van der Waals surface area (Å²) < 4.78 is 40.0. The first-order valence-corrected chi connectivity index (χ1v) is 11.7. The lowest BCUT2D eigenvalue weighted by atomic mass is 10.2. The van der Waals surface area contributed by atoms with E-state index in [1.54, 1.807) is 76.6 Å². The van der Waals surface area contributed by atoms with Crippen molar-refractivity contribution in [3.05, 3.63) is 71.4 Å². The monoisotopic (exact) mass is 473 g/mol. The number of rotatable bonds is 10. The first-order valence-electron chi connectivity index (χ1n) is 10.2. The number of aromatic carboxylic acids is 1. The maximum absolute atomic E-state index is 13.6. The minimum Gasteiger partial charge on any atom is -0.497 e. The van der Waals surface area contributed by atoms with Crippen molar-refractivity contribution in [2.24, 2.45) is 0 Å². The van der Waals surface area contributed by atoms with Gasteiger partial charge in [0.2, 0.25) is 0 Å². The third-order valence-electron chi connectivity index (χ3n) is 5.06. The Bertz CT molecular complexity index is 1150. The standard InChI is InChI=1S/C23H27N3O6S/c1-16(2)26-21(23(27)28)13-22(24-26)33(29,30)25(14-17-5-9-19(31-3)10-6-17)15-18-7-11-20(32-4)12-8-18/h5-13,16H,14-15H2,1-4H3,(H,27,28). The van der Waals surface area contributed by atoms with Crippen LogP contribution >= 0.6 is 0 Å². The number of methoxy groups -OCH3 is 2. The zero-order chi connectivity index (χ0) is 24.2. The van der Waals surface area contributed by atoms with E-state index in [4.69, 9.17) is 9.47 Å².